The van der Waals surface area contributed by atoms with Crippen molar-refractivity contribution in [3.05, 3.63) is 24.3 Å². The molecule has 5 heteroatoms. The minimum absolute atomic E-state index is 0.000798. The predicted molar refractivity (Wildman–Crippen MR) is 76.8 cm³/mol. The van der Waals surface area contributed by atoms with Crippen molar-refractivity contribution in [1.82, 2.24) is 5.32 Å². The van der Waals surface area contributed by atoms with E-state index in [-0.39, 0.29) is 11.9 Å². The Labute approximate surface area is 119 Å². The molecule has 5 nitrogen and oxygen atoms in total. The van der Waals surface area contributed by atoms with Crippen LogP contribution in [0.2, 0.25) is 0 Å². The number of nitrogens with one attached hydrogen (secondary N) is 1. The predicted octanol–water partition coefficient (Wildman–Crippen LogP) is 1.32. The van der Waals surface area contributed by atoms with E-state index in [1.807, 2.05) is 24.3 Å². The highest BCUT2D eigenvalue weighted by Gasteiger charge is 2.30. The van der Waals surface area contributed by atoms with Gasteiger partial charge in [0, 0.05) is 12.6 Å². The van der Waals surface area contributed by atoms with E-state index < -0.39 is 0 Å². The van der Waals surface area contributed by atoms with Crippen molar-refractivity contribution >= 4 is 5.91 Å². The van der Waals surface area contributed by atoms with E-state index in [0.717, 1.165) is 11.5 Å². The lowest BCUT2D eigenvalue weighted by Gasteiger charge is -2.16. The van der Waals surface area contributed by atoms with Crippen LogP contribution in [0.25, 0.3) is 0 Å². The summed E-state index contributed by atoms with van der Waals surface area (Å²) in [7, 11) is 1.62. The molecule has 3 N–H and O–H groups in total. The highest BCUT2D eigenvalue weighted by atomic mass is 16.5. The van der Waals surface area contributed by atoms with Gasteiger partial charge in [0.1, 0.15) is 11.5 Å². The van der Waals surface area contributed by atoms with Gasteiger partial charge in [-0.1, -0.05) is 0 Å². The number of carbonyl (C=O) groups is 1. The molecule has 1 atom stereocenters. The first kappa shape index (κ1) is 14.7. The van der Waals surface area contributed by atoms with Gasteiger partial charge in [0.05, 0.1) is 20.1 Å². The van der Waals surface area contributed by atoms with E-state index in [0.29, 0.717) is 25.5 Å². The van der Waals surface area contributed by atoms with Crippen LogP contribution < -0.4 is 20.5 Å². The monoisotopic (exact) mass is 278 g/mol. The number of methoxy groups -OCH3 is 1. The van der Waals surface area contributed by atoms with Gasteiger partial charge in [-0.25, -0.2) is 0 Å². The van der Waals surface area contributed by atoms with Gasteiger partial charge in [0.25, 0.3) is 0 Å². The molecule has 0 spiro atoms. The number of benzene rings is 1. The Hall–Kier alpha value is -1.75. The van der Waals surface area contributed by atoms with Crippen molar-refractivity contribution in [3.63, 3.8) is 0 Å². The van der Waals surface area contributed by atoms with Gasteiger partial charge in [0.15, 0.2) is 0 Å². The molecule has 1 aliphatic carbocycles. The molecular weight excluding hydrogens is 256 g/mol. The van der Waals surface area contributed by atoms with Crippen LogP contribution in [0.15, 0.2) is 24.3 Å². The lowest BCUT2D eigenvalue weighted by molar-refractivity contribution is -0.122. The summed E-state index contributed by atoms with van der Waals surface area (Å²) in [5, 5.41) is 2.97. The second-order valence-electron chi connectivity index (χ2n) is 5.02. The molecule has 1 saturated carbocycles. The number of amides is 1. The number of hydrogen-bond acceptors (Lipinski definition) is 4. The molecule has 1 aromatic rings. The summed E-state index contributed by atoms with van der Waals surface area (Å²) >= 11 is 0. The largest absolute Gasteiger partial charge is 0.497 e. The van der Waals surface area contributed by atoms with Crippen LogP contribution in [-0.2, 0) is 4.79 Å². The maximum absolute atomic E-state index is 11.8. The van der Waals surface area contributed by atoms with Crippen molar-refractivity contribution in [3.8, 4) is 11.5 Å². The van der Waals surface area contributed by atoms with Crippen LogP contribution in [-0.4, -0.2) is 32.2 Å². The first-order valence-electron chi connectivity index (χ1n) is 6.99. The van der Waals surface area contributed by atoms with Crippen LogP contribution in [0.1, 0.15) is 19.3 Å². The van der Waals surface area contributed by atoms with Crippen molar-refractivity contribution in [2.75, 3.05) is 20.3 Å². The topological polar surface area (TPSA) is 73.6 Å². The molecule has 0 bridgehead atoms. The Balaban J connectivity index is 1.67. The number of rotatable bonds is 8. The fourth-order valence-corrected chi connectivity index (χ4v) is 2.08. The van der Waals surface area contributed by atoms with Gasteiger partial charge in [-0.15, -0.1) is 0 Å². The summed E-state index contributed by atoms with van der Waals surface area (Å²) in [6, 6.07) is 7.43. The molecule has 0 radical (unpaired) electrons. The second-order valence-corrected chi connectivity index (χ2v) is 5.02. The summed E-state index contributed by atoms with van der Waals surface area (Å²) in [4.78, 5) is 11.8. The molecule has 0 saturated heterocycles. The second kappa shape index (κ2) is 7.14. The zero-order valence-electron chi connectivity index (χ0n) is 11.8. The molecule has 0 heterocycles. The average Bonchev–Trinajstić information content (AvgIpc) is 3.30. The zero-order chi connectivity index (χ0) is 14.4. The van der Waals surface area contributed by atoms with Crippen LogP contribution in [0.3, 0.4) is 0 Å². The molecule has 0 aromatic heterocycles. The smallest absolute Gasteiger partial charge is 0.223 e. The fourth-order valence-electron chi connectivity index (χ4n) is 2.08. The maximum atomic E-state index is 11.8. The number of hydrogen-bond donors (Lipinski definition) is 2. The Morgan fingerprint density at radius 1 is 1.35 bits per heavy atom. The maximum Gasteiger partial charge on any atom is 0.223 e. The Morgan fingerprint density at radius 3 is 2.55 bits per heavy atom. The molecule has 2 rings (SSSR count). The van der Waals surface area contributed by atoms with Crippen molar-refractivity contribution in [2.45, 2.75) is 25.3 Å². The number of carbonyl (C=O) groups excluding carboxylic acids is 1. The van der Waals surface area contributed by atoms with Crippen LogP contribution in [0, 0.1) is 5.92 Å². The summed E-state index contributed by atoms with van der Waals surface area (Å²) in [5.74, 6) is 2.09. The third kappa shape index (κ3) is 4.42. The standard InChI is InChI=1S/C15H22N2O3/c1-19-12-4-6-13(7-5-12)20-9-8-15(18)17-14(10-16)11-2-3-11/h4-7,11,14H,2-3,8-10,16H2,1H3,(H,17,18). The van der Waals surface area contributed by atoms with Crippen molar-refractivity contribution in [2.24, 2.45) is 11.7 Å². The molecule has 1 fully saturated rings. The quantitative estimate of drug-likeness (QED) is 0.752. The van der Waals surface area contributed by atoms with Crippen LogP contribution >= 0.6 is 0 Å². The molecule has 1 amide bonds. The van der Waals surface area contributed by atoms with Gasteiger partial charge < -0.3 is 20.5 Å². The Kier molecular flexibility index (Phi) is 5.24. The molecule has 1 aromatic carbocycles. The third-order valence-electron chi connectivity index (χ3n) is 3.45. The first-order chi connectivity index (χ1) is 9.72. The normalized spacial score (nSPS) is 15.5. The molecule has 20 heavy (non-hydrogen) atoms. The van der Waals surface area contributed by atoms with Crippen molar-refractivity contribution < 1.29 is 14.3 Å². The van der Waals surface area contributed by atoms with Gasteiger partial charge >= 0.3 is 0 Å². The Bertz CT molecular complexity index is 429. The van der Waals surface area contributed by atoms with Crippen LogP contribution in [0.5, 0.6) is 11.5 Å². The zero-order valence-corrected chi connectivity index (χ0v) is 11.8. The summed E-state index contributed by atoms with van der Waals surface area (Å²) in [6.07, 6.45) is 2.68. The SMILES string of the molecule is COc1ccc(OCCC(=O)NC(CN)C2CC2)cc1. The van der Waals surface area contributed by atoms with Crippen molar-refractivity contribution in [1.29, 1.82) is 0 Å². The van der Waals surface area contributed by atoms with Gasteiger partial charge in [-0.05, 0) is 43.0 Å². The molecule has 110 valence electrons. The first-order valence-corrected chi connectivity index (χ1v) is 6.99. The molecule has 1 aliphatic rings. The van der Waals surface area contributed by atoms with E-state index in [2.05, 4.69) is 5.32 Å². The number of ether oxygens (including phenoxy) is 2. The lowest BCUT2D eigenvalue weighted by atomic mass is 10.2. The van der Waals surface area contributed by atoms with E-state index >= 15 is 0 Å². The highest BCUT2D eigenvalue weighted by Crippen LogP contribution is 2.32. The summed E-state index contributed by atoms with van der Waals surface area (Å²) < 4.78 is 10.6. The molecule has 0 aliphatic heterocycles. The molecule has 1 unspecified atom stereocenters. The van der Waals surface area contributed by atoms with E-state index in [9.17, 15) is 4.79 Å². The van der Waals surface area contributed by atoms with Gasteiger partial charge in [0.2, 0.25) is 5.91 Å². The molecular formula is C15H22N2O3. The minimum Gasteiger partial charge on any atom is -0.497 e. The van der Waals surface area contributed by atoms with Crippen LogP contribution in [0.4, 0.5) is 0 Å². The number of nitrogens with two attached hydrogens (primary N) is 1. The van der Waals surface area contributed by atoms with E-state index in [1.54, 1.807) is 7.11 Å². The third-order valence-corrected chi connectivity index (χ3v) is 3.45. The fraction of sp³-hybridized carbons (Fsp3) is 0.533. The Morgan fingerprint density at radius 2 is 2.00 bits per heavy atom. The van der Waals surface area contributed by atoms with E-state index in [1.165, 1.54) is 12.8 Å². The lowest BCUT2D eigenvalue weighted by Crippen LogP contribution is -2.42. The summed E-state index contributed by atoms with van der Waals surface area (Å²) in [5.41, 5.74) is 5.65. The van der Waals surface area contributed by atoms with E-state index in [4.69, 9.17) is 15.2 Å². The summed E-state index contributed by atoms with van der Waals surface area (Å²) in [6.45, 7) is 0.871. The minimum atomic E-state index is 0.000798. The van der Waals surface area contributed by atoms with Gasteiger partial charge in [-0.3, -0.25) is 4.79 Å². The highest BCUT2D eigenvalue weighted by molar-refractivity contribution is 5.76. The van der Waals surface area contributed by atoms with Gasteiger partial charge in [-0.2, -0.15) is 0 Å². The average molecular weight is 278 g/mol.